The summed E-state index contributed by atoms with van der Waals surface area (Å²) in [6, 6.07) is 17.3. The van der Waals surface area contributed by atoms with E-state index >= 15 is 0 Å². The number of thiazole rings is 1. The number of carbonyl (C=O) groups excluding carboxylic acids is 3. The summed E-state index contributed by atoms with van der Waals surface area (Å²) in [6.45, 7) is 4.79. The van der Waals surface area contributed by atoms with Gasteiger partial charge in [-0.3, -0.25) is 14.4 Å². The van der Waals surface area contributed by atoms with Crippen LogP contribution < -0.4 is 15.5 Å². The number of aryl methyl sites for hydroxylation is 1. The number of hydrogen-bond acceptors (Lipinski definition) is 6. The van der Waals surface area contributed by atoms with E-state index in [2.05, 4.69) is 15.6 Å². The van der Waals surface area contributed by atoms with Crippen LogP contribution in [0.1, 0.15) is 18.9 Å². The average molecular weight is 495 g/mol. The molecule has 0 radical (unpaired) electrons. The second-order valence-electron chi connectivity index (χ2n) is 8.00. The number of aromatic nitrogens is 1. The van der Waals surface area contributed by atoms with Crippen molar-refractivity contribution in [3.63, 3.8) is 0 Å². The smallest absolute Gasteiger partial charge is 0.230 e. The molecule has 1 aromatic heterocycles. The fourth-order valence-corrected chi connectivity index (χ4v) is 5.58. The monoisotopic (exact) mass is 494 g/mol. The number of anilines is 2. The Morgan fingerprint density at radius 2 is 1.88 bits per heavy atom. The van der Waals surface area contributed by atoms with Crippen molar-refractivity contribution >= 4 is 51.5 Å². The van der Waals surface area contributed by atoms with Crippen molar-refractivity contribution in [3.05, 3.63) is 60.2 Å². The zero-order valence-electron chi connectivity index (χ0n) is 19.0. The number of carbonyl (C=O) groups is 3. The van der Waals surface area contributed by atoms with E-state index < -0.39 is 5.92 Å². The molecular weight excluding hydrogens is 468 g/mol. The number of rotatable bonds is 8. The van der Waals surface area contributed by atoms with E-state index in [9.17, 15) is 14.4 Å². The molecule has 3 aromatic rings. The zero-order valence-corrected chi connectivity index (χ0v) is 20.7. The van der Waals surface area contributed by atoms with Crippen molar-refractivity contribution in [2.24, 2.45) is 5.92 Å². The molecule has 7 nitrogen and oxygen atoms in total. The maximum atomic E-state index is 13.2. The van der Waals surface area contributed by atoms with Gasteiger partial charge in [0, 0.05) is 30.8 Å². The van der Waals surface area contributed by atoms with Crippen molar-refractivity contribution in [3.8, 4) is 11.3 Å². The van der Waals surface area contributed by atoms with Crippen LogP contribution in [-0.2, 0) is 14.4 Å². The fourth-order valence-electron chi connectivity index (χ4n) is 3.69. The third kappa shape index (κ3) is 5.66. The first-order valence-corrected chi connectivity index (χ1v) is 12.9. The van der Waals surface area contributed by atoms with Crippen LogP contribution >= 0.6 is 23.1 Å². The summed E-state index contributed by atoms with van der Waals surface area (Å²) < 4.78 is 0.698. The molecule has 0 bridgehead atoms. The lowest BCUT2D eigenvalue weighted by atomic mass is 10.1. The number of benzene rings is 2. The Kier molecular flexibility index (Phi) is 7.64. The molecule has 0 spiro atoms. The van der Waals surface area contributed by atoms with E-state index in [1.807, 2.05) is 68.4 Å². The molecule has 1 fully saturated rings. The van der Waals surface area contributed by atoms with Gasteiger partial charge in [-0.25, -0.2) is 4.98 Å². The van der Waals surface area contributed by atoms with E-state index in [0.717, 1.165) is 16.8 Å². The molecule has 2 N–H and O–H groups in total. The van der Waals surface area contributed by atoms with Crippen molar-refractivity contribution in [2.75, 3.05) is 29.1 Å². The molecule has 1 unspecified atom stereocenters. The predicted octanol–water partition coefficient (Wildman–Crippen LogP) is 4.34. The summed E-state index contributed by atoms with van der Waals surface area (Å²) in [6.07, 6.45) is 0.165. The number of nitrogens with zero attached hydrogens (tertiary/aromatic N) is 2. The Hall–Kier alpha value is -3.17. The van der Waals surface area contributed by atoms with Crippen LogP contribution in [-0.4, -0.2) is 41.5 Å². The Balaban J connectivity index is 1.50. The third-order valence-electron chi connectivity index (χ3n) is 5.43. The minimum absolute atomic E-state index is 0.0600. The largest absolute Gasteiger partial charge is 0.356 e. The molecule has 0 aliphatic carbocycles. The number of amides is 3. The van der Waals surface area contributed by atoms with E-state index in [1.165, 1.54) is 23.1 Å². The second-order valence-corrected chi connectivity index (χ2v) is 10.2. The fraction of sp³-hybridized carbons (Fsp3) is 0.280. The van der Waals surface area contributed by atoms with Crippen LogP contribution in [0.5, 0.6) is 0 Å². The van der Waals surface area contributed by atoms with Crippen molar-refractivity contribution in [1.29, 1.82) is 0 Å². The summed E-state index contributed by atoms with van der Waals surface area (Å²) >= 11 is 2.68. The van der Waals surface area contributed by atoms with E-state index in [4.69, 9.17) is 0 Å². The first kappa shape index (κ1) is 24.0. The Morgan fingerprint density at radius 3 is 2.59 bits per heavy atom. The molecular formula is C25H26N4O3S2. The molecule has 176 valence electrons. The number of thioether (sulfide) groups is 1. The topological polar surface area (TPSA) is 91.4 Å². The van der Waals surface area contributed by atoms with Gasteiger partial charge in [-0.1, -0.05) is 71.1 Å². The first-order chi connectivity index (χ1) is 16.4. The van der Waals surface area contributed by atoms with Crippen molar-refractivity contribution < 1.29 is 14.4 Å². The van der Waals surface area contributed by atoms with Gasteiger partial charge < -0.3 is 15.5 Å². The molecule has 9 heteroatoms. The minimum Gasteiger partial charge on any atom is -0.356 e. The summed E-state index contributed by atoms with van der Waals surface area (Å²) in [5.41, 5.74) is 3.46. The molecule has 1 saturated heterocycles. The highest BCUT2D eigenvalue weighted by atomic mass is 32.2. The SMILES string of the molecule is CCNC(=O)CSc1nc(-c2ccccc2)c(NC(=O)C2CC(=O)N(c3ccc(C)cc3)C2)s1. The van der Waals surface area contributed by atoms with Gasteiger partial charge in [0.25, 0.3) is 0 Å². The molecule has 1 aliphatic heterocycles. The van der Waals surface area contributed by atoms with Crippen LogP contribution in [0.15, 0.2) is 58.9 Å². The maximum Gasteiger partial charge on any atom is 0.230 e. The van der Waals surface area contributed by atoms with E-state index in [0.29, 0.717) is 28.1 Å². The van der Waals surface area contributed by atoms with Crippen LogP contribution in [0.3, 0.4) is 0 Å². The summed E-state index contributed by atoms with van der Waals surface area (Å²) in [7, 11) is 0. The molecule has 3 amide bonds. The van der Waals surface area contributed by atoms with Crippen LogP contribution in [0.4, 0.5) is 10.7 Å². The Bertz CT molecular complexity index is 1180. The second kappa shape index (κ2) is 10.8. The lowest BCUT2D eigenvalue weighted by molar-refractivity contribution is -0.122. The Morgan fingerprint density at radius 1 is 1.15 bits per heavy atom. The van der Waals surface area contributed by atoms with E-state index in [1.54, 1.807) is 4.90 Å². The van der Waals surface area contributed by atoms with Gasteiger partial charge in [0.15, 0.2) is 4.34 Å². The predicted molar refractivity (Wildman–Crippen MR) is 137 cm³/mol. The third-order valence-corrected chi connectivity index (χ3v) is 7.55. The molecule has 1 atom stereocenters. The summed E-state index contributed by atoms with van der Waals surface area (Å²) in [5.74, 6) is -0.522. The minimum atomic E-state index is -0.453. The Labute approximate surface area is 207 Å². The summed E-state index contributed by atoms with van der Waals surface area (Å²) in [5, 5.41) is 6.41. The lowest BCUT2D eigenvalue weighted by Crippen LogP contribution is -2.28. The lowest BCUT2D eigenvalue weighted by Gasteiger charge is -2.17. The molecule has 1 aliphatic rings. The van der Waals surface area contributed by atoms with Gasteiger partial charge in [-0.15, -0.1) is 0 Å². The van der Waals surface area contributed by atoms with Gasteiger partial charge >= 0.3 is 0 Å². The van der Waals surface area contributed by atoms with Crippen LogP contribution in [0.2, 0.25) is 0 Å². The summed E-state index contributed by atoms with van der Waals surface area (Å²) in [4.78, 5) is 44.0. The molecule has 34 heavy (non-hydrogen) atoms. The van der Waals surface area contributed by atoms with Crippen molar-refractivity contribution in [2.45, 2.75) is 24.6 Å². The van der Waals surface area contributed by atoms with Gasteiger partial charge in [0.2, 0.25) is 17.7 Å². The molecule has 2 aromatic carbocycles. The van der Waals surface area contributed by atoms with Crippen molar-refractivity contribution in [1.82, 2.24) is 10.3 Å². The molecule has 4 rings (SSSR count). The van der Waals surface area contributed by atoms with E-state index in [-0.39, 0.29) is 29.9 Å². The number of hydrogen-bond donors (Lipinski definition) is 2. The van der Waals surface area contributed by atoms with Gasteiger partial charge in [-0.05, 0) is 26.0 Å². The molecule has 2 heterocycles. The number of nitrogens with one attached hydrogen (secondary N) is 2. The highest BCUT2D eigenvalue weighted by molar-refractivity contribution is 8.01. The standard InChI is InChI=1S/C25H26N4O3S2/c1-3-26-20(30)15-33-25-27-22(17-7-5-4-6-8-17)24(34-25)28-23(32)18-13-21(31)29(14-18)19-11-9-16(2)10-12-19/h4-12,18H,3,13-15H2,1-2H3,(H,26,30)(H,28,32). The normalized spacial score (nSPS) is 15.4. The highest BCUT2D eigenvalue weighted by Crippen LogP contribution is 2.38. The first-order valence-electron chi connectivity index (χ1n) is 11.1. The van der Waals surface area contributed by atoms with Crippen LogP contribution in [0.25, 0.3) is 11.3 Å². The highest BCUT2D eigenvalue weighted by Gasteiger charge is 2.35. The quantitative estimate of drug-likeness (QED) is 0.455. The maximum absolute atomic E-state index is 13.2. The molecule has 0 saturated carbocycles. The van der Waals surface area contributed by atoms with Crippen LogP contribution in [0, 0.1) is 12.8 Å². The van der Waals surface area contributed by atoms with Gasteiger partial charge in [0.1, 0.15) is 10.7 Å². The van der Waals surface area contributed by atoms with Gasteiger partial charge in [-0.2, -0.15) is 0 Å². The average Bonchev–Trinajstić information content (AvgIpc) is 3.42. The van der Waals surface area contributed by atoms with Gasteiger partial charge in [0.05, 0.1) is 11.7 Å². The zero-order chi connectivity index (χ0) is 24.1.